The Bertz CT molecular complexity index is 773. The lowest BCUT2D eigenvalue weighted by Gasteiger charge is -2.07. The molecule has 118 valence electrons. The average molecular weight is 344 g/mol. The second-order valence-electron chi connectivity index (χ2n) is 4.45. The van der Waals surface area contributed by atoms with Crippen LogP contribution in [0, 0.1) is 6.92 Å². The topological polar surface area (TPSA) is 101 Å². The summed E-state index contributed by atoms with van der Waals surface area (Å²) >= 11 is 5.84. The van der Waals surface area contributed by atoms with E-state index in [2.05, 4.69) is 15.2 Å². The largest absolute Gasteiger partial charge is 0.360 e. The van der Waals surface area contributed by atoms with Crippen molar-refractivity contribution in [2.75, 3.05) is 11.9 Å². The van der Waals surface area contributed by atoms with E-state index in [1.165, 1.54) is 12.1 Å². The summed E-state index contributed by atoms with van der Waals surface area (Å²) in [4.78, 5) is 11.6. The van der Waals surface area contributed by atoms with Gasteiger partial charge in [-0.2, -0.15) is 0 Å². The molecule has 0 aliphatic heterocycles. The van der Waals surface area contributed by atoms with Crippen LogP contribution in [0.25, 0.3) is 0 Å². The van der Waals surface area contributed by atoms with Gasteiger partial charge >= 0.3 is 0 Å². The first kappa shape index (κ1) is 16.5. The molecule has 7 nitrogen and oxygen atoms in total. The van der Waals surface area contributed by atoms with Crippen LogP contribution in [0.3, 0.4) is 0 Å². The van der Waals surface area contributed by atoms with Gasteiger partial charge in [0.25, 0.3) is 0 Å². The smallest absolute Gasteiger partial charge is 0.242 e. The molecule has 2 aromatic rings. The molecule has 0 radical (unpaired) electrons. The van der Waals surface area contributed by atoms with Gasteiger partial charge in [-0.05, 0) is 19.1 Å². The first-order valence-corrected chi connectivity index (χ1v) is 8.22. The van der Waals surface area contributed by atoms with E-state index >= 15 is 0 Å². The lowest BCUT2D eigenvalue weighted by molar-refractivity contribution is -0.116. The lowest BCUT2D eigenvalue weighted by atomic mass is 10.4. The number of benzene rings is 1. The van der Waals surface area contributed by atoms with E-state index in [1.807, 2.05) is 0 Å². The minimum absolute atomic E-state index is 0.0239. The summed E-state index contributed by atoms with van der Waals surface area (Å²) in [5, 5.41) is 6.23. The van der Waals surface area contributed by atoms with Crippen LogP contribution in [-0.2, 0) is 14.8 Å². The number of nitrogens with one attached hydrogen (secondary N) is 2. The number of rotatable bonds is 6. The Morgan fingerprint density at radius 3 is 2.73 bits per heavy atom. The summed E-state index contributed by atoms with van der Waals surface area (Å²) < 4.78 is 31.2. The number of nitrogens with zero attached hydrogens (tertiary/aromatic N) is 1. The van der Waals surface area contributed by atoms with Crippen LogP contribution in [0.15, 0.2) is 39.8 Å². The molecule has 0 fully saturated rings. The van der Waals surface area contributed by atoms with Crippen molar-refractivity contribution in [2.45, 2.75) is 18.2 Å². The standard InChI is InChI=1S/C13H14ClN3O4S/c1-9-8-12(17-21-9)16-13(18)6-7-15-22(19,20)11-5-3-2-4-10(11)14/h2-5,8,15H,6-7H2,1H3,(H,16,17,18). The number of carbonyl (C=O) groups is 1. The number of halogens is 1. The normalized spacial score (nSPS) is 11.4. The highest BCUT2D eigenvalue weighted by Crippen LogP contribution is 2.19. The third-order valence-corrected chi connectivity index (χ3v) is 4.63. The first-order chi connectivity index (χ1) is 10.4. The summed E-state index contributed by atoms with van der Waals surface area (Å²) in [5.41, 5.74) is 0. The van der Waals surface area contributed by atoms with E-state index in [9.17, 15) is 13.2 Å². The highest BCUT2D eigenvalue weighted by molar-refractivity contribution is 7.89. The van der Waals surface area contributed by atoms with Crippen molar-refractivity contribution in [1.29, 1.82) is 0 Å². The molecule has 1 amide bonds. The highest BCUT2D eigenvalue weighted by atomic mass is 35.5. The van der Waals surface area contributed by atoms with Crippen LogP contribution >= 0.6 is 11.6 Å². The van der Waals surface area contributed by atoms with Gasteiger partial charge in [-0.15, -0.1) is 0 Å². The zero-order valence-corrected chi connectivity index (χ0v) is 13.2. The molecule has 1 aromatic carbocycles. The maximum absolute atomic E-state index is 12.0. The van der Waals surface area contributed by atoms with Crippen LogP contribution in [0.5, 0.6) is 0 Å². The summed E-state index contributed by atoms with van der Waals surface area (Å²) in [7, 11) is -3.75. The van der Waals surface area contributed by atoms with E-state index in [-0.39, 0.29) is 34.6 Å². The Balaban J connectivity index is 1.88. The molecule has 22 heavy (non-hydrogen) atoms. The van der Waals surface area contributed by atoms with Crippen LogP contribution in [0.4, 0.5) is 5.82 Å². The van der Waals surface area contributed by atoms with Gasteiger partial charge in [-0.1, -0.05) is 28.9 Å². The molecule has 1 aromatic heterocycles. The Labute approximate surface area is 132 Å². The predicted molar refractivity (Wildman–Crippen MR) is 81.1 cm³/mol. The molecule has 0 unspecified atom stereocenters. The van der Waals surface area contributed by atoms with E-state index in [0.717, 1.165) is 0 Å². The maximum Gasteiger partial charge on any atom is 0.242 e. The SMILES string of the molecule is Cc1cc(NC(=O)CCNS(=O)(=O)c2ccccc2Cl)no1. The van der Waals surface area contributed by atoms with Crippen molar-refractivity contribution in [2.24, 2.45) is 0 Å². The van der Waals surface area contributed by atoms with Crippen molar-refractivity contribution < 1.29 is 17.7 Å². The predicted octanol–water partition coefficient (Wildman–Crippen LogP) is 1.94. The van der Waals surface area contributed by atoms with Crippen molar-refractivity contribution >= 4 is 33.3 Å². The fourth-order valence-corrected chi connectivity index (χ4v) is 3.22. The van der Waals surface area contributed by atoms with Gasteiger partial charge in [0.15, 0.2) is 5.82 Å². The van der Waals surface area contributed by atoms with Crippen LogP contribution < -0.4 is 10.0 Å². The fraction of sp³-hybridized carbons (Fsp3) is 0.231. The van der Waals surface area contributed by atoms with E-state index < -0.39 is 10.0 Å². The third kappa shape index (κ3) is 4.30. The lowest BCUT2D eigenvalue weighted by Crippen LogP contribution is -2.28. The quantitative estimate of drug-likeness (QED) is 0.834. The van der Waals surface area contributed by atoms with Gasteiger partial charge in [0.05, 0.1) is 5.02 Å². The molecule has 0 atom stereocenters. The van der Waals surface area contributed by atoms with Crippen LogP contribution in [0.1, 0.15) is 12.2 Å². The van der Waals surface area contributed by atoms with Crippen LogP contribution in [-0.4, -0.2) is 26.0 Å². The minimum atomic E-state index is -3.75. The molecule has 1 heterocycles. The Morgan fingerprint density at radius 1 is 1.36 bits per heavy atom. The molecule has 0 spiro atoms. The monoisotopic (exact) mass is 343 g/mol. The fourth-order valence-electron chi connectivity index (χ4n) is 1.67. The number of hydrogen-bond donors (Lipinski definition) is 2. The van der Waals surface area contributed by atoms with Gasteiger partial charge in [-0.3, -0.25) is 4.79 Å². The molecule has 0 saturated heterocycles. The summed E-state index contributed by atoms with van der Waals surface area (Å²) in [6, 6.07) is 7.64. The first-order valence-electron chi connectivity index (χ1n) is 6.36. The van der Waals surface area contributed by atoms with Gasteiger partial charge < -0.3 is 9.84 Å². The molecule has 2 rings (SSSR count). The van der Waals surface area contributed by atoms with Gasteiger partial charge in [0.1, 0.15) is 10.7 Å². The summed E-state index contributed by atoms with van der Waals surface area (Å²) in [5.74, 6) is 0.473. The van der Waals surface area contributed by atoms with Gasteiger partial charge in [0, 0.05) is 19.0 Å². The molecule has 0 aliphatic rings. The second kappa shape index (κ2) is 6.91. The molecular weight excluding hydrogens is 330 g/mol. The average Bonchev–Trinajstić information content (AvgIpc) is 2.84. The minimum Gasteiger partial charge on any atom is -0.360 e. The number of aromatic nitrogens is 1. The number of carbonyl (C=O) groups excluding carboxylic acids is 1. The molecule has 9 heteroatoms. The summed E-state index contributed by atoms with van der Waals surface area (Å²) in [6.45, 7) is 1.64. The number of hydrogen-bond acceptors (Lipinski definition) is 5. The van der Waals surface area contributed by atoms with E-state index in [0.29, 0.717) is 5.76 Å². The Morgan fingerprint density at radius 2 is 2.09 bits per heavy atom. The number of aryl methyl sites for hydroxylation is 1. The molecule has 0 aliphatic carbocycles. The number of sulfonamides is 1. The van der Waals surface area contributed by atoms with E-state index in [4.69, 9.17) is 16.1 Å². The number of amides is 1. The van der Waals surface area contributed by atoms with Gasteiger partial charge in [0.2, 0.25) is 15.9 Å². The third-order valence-electron chi connectivity index (χ3n) is 2.67. The van der Waals surface area contributed by atoms with E-state index in [1.54, 1.807) is 25.1 Å². The zero-order valence-electron chi connectivity index (χ0n) is 11.7. The van der Waals surface area contributed by atoms with Gasteiger partial charge in [-0.25, -0.2) is 13.1 Å². The van der Waals surface area contributed by atoms with Crippen molar-refractivity contribution in [1.82, 2.24) is 9.88 Å². The summed E-state index contributed by atoms with van der Waals surface area (Å²) in [6.07, 6.45) is -0.0460. The second-order valence-corrected chi connectivity index (χ2v) is 6.59. The molecule has 0 saturated carbocycles. The highest BCUT2D eigenvalue weighted by Gasteiger charge is 2.17. The molecule has 2 N–H and O–H groups in total. The zero-order chi connectivity index (χ0) is 16.2. The molecular formula is C13H14ClN3O4S. The molecule has 0 bridgehead atoms. The van der Waals surface area contributed by atoms with Crippen LogP contribution in [0.2, 0.25) is 5.02 Å². The Kier molecular flexibility index (Phi) is 5.17. The van der Waals surface area contributed by atoms with Crippen molar-refractivity contribution in [3.63, 3.8) is 0 Å². The van der Waals surface area contributed by atoms with Crippen molar-refractivity contribution in [3.05, 3.63) is 41.1 Å². The van der Waals surface area contributed by atoms with Crippen molar-refractivity contribution in [3.8, 4) is 0 Å². The maximum atomic E-state index is 12.0. The Hall–Kier alpha value is -1.90. The number of anilines is 1.